The van der Waals surface area contributed by atoms with Crippen LogP contribution in [0.2, 0.25) is 5.02 Å². The Bertz CT molecular complexity index is 897. The van der Waals surface area contributed by atoms with Gasteiger partial charge in [-0.2, -0.15) is 0 Å². The molecule has 0 atom stereocenters. The van der Waals surface area contributed by atoms with E-state index < -0.39 is 22.7 Å². The van der Waals surface area contributed by atoms with Gasteiger partial charge in [-0.1, -0.05) is 11.6 Å². The van der Waals surface area contributed by atoms with Crippen molar-refractivity contribution in [1.29, 1.82) is 0 Å². The standard InChI is InChI=1S/C15H9ClO5/c16-8-3-1-7(2-4-8)15-14(20)13(19)9-5-10(17)11(18)6-12(9)21-15/h1-6,17-18,20H. The van der Waals surface area contributed by atoms with E-state index in [4.69, 9.17) is 16.0 Å². The first-order valence-corrected chi connectivity index (χ1v) is 6.33. The molecule has 6 heteroatoms. The number of aromatic hydroxyl groups is 3. The fraction of sp³-hybridized carbons (Fsp3) is 0. The maximum atomic E-state index is 12.1. The summed E-state index contributed by atoms with van der Waals surface area (Å²) >= 11 is 5.79. The van der Waals surface area contributed by atoms with Crippen LogP contribution < -0.4 is 5.43 Å². The highest BCUT2D eigenvalue weighted by Gasteiger charge is 2.17. The van der Waals surface area contributed by atoms with Crippen molar-refractivity contribution in [2.75, 3.05) is 0 Å². The number of halogens is 1. The Balaban J connectivity index is 2.34. The summed E-state index contributed by atoms with van der Waals surface area (Å²) in [5.41, 5.74) is -0.182. The summed E-state index contributed by atoms with van der Waals surface area (Å²) in [4.78, 5) is 12.1. The normalized spacial score (nSPS) is 10.9. The second kappa shape index (κ2) is 4.71. The molecule has 0 amide bonds. The van der Waals surface area contributed by atoms with E-state index in [-0.39, 0.29) is 16.7 Å². The number of benzene rings is 2. The van der Waals surface area contributed by atoms with Crippen LogP contribution in [0.25, 0.3) is 22.3 Å². The monoisotopic (exact) mass is 304 g/mol. The molecule has 0 fully saturated rings. The quantitative estimate of drug-likeness (QED) is 0.600. The summed E-state index contributed by atoms with van der Waals surface area (Å²) < 4.78 is 5.47. The van der Waals surface area contributed by atoms with Gasteiger partial charge in [0.05, 0.1) is 5.39 Å². The second-order valence-corrected chi connectivity index (χ2v) is 4.89. The van der Waals surface area contributed by atoms with Crippen LogP contribution in [0, 0.1) is 0 Å². The van der Waals surface area contributed by atoms with Crippen molar-refractivity contribution < 1.29 is 19.7 Å². The molecule has 106 valence electrons. The predicted molar refractivity (Wildman–Crippen MR) is 77.9 cm³/mol. The van der Waals surface area contributed by atoms with E-state index in [1.165, 1.54) is 0 Å². The number of phenolic OH excluding ortho intramolecular Hbond substituents is 2. The largest absolute Gasteiger partial charge is 0.504 e. The molecule has 0 aliphatic rings. The Kier molecular flexibility index (Phi) is 2.99. The average Bonchev–Trinajstić information content (AvgIpc) is 2.46. The average molecular weight is 305 g/mol. The Labute approximate surface area is 123 Å². The summed E-state index contributed by atoms with van der Waals surface area (Å²) in [5, 5.41) is 29.4. The van der Waals surface area contributed by atoms with Crippen LogP contribution in [0.4, 0.5) is 0 Å². The minimum Gasteiger partial charge on any atom is -0.504 e. The van der Waals surface area contributed by atoms with Crippen molar-refractivity contribution in [3.05, 3.63) is 51.6 Å². The molecule has 0 saturated carbocycles. The molecule has 3 aromatic rings. The highest BCUT2D eigenvalue weighted by atomic mass is 35.5. The van der Waals surface area contributed by atoms with Crippen LogP contribution in [0.3, 0.4) is 0 Å². The van der Waals surface area contributed by atoms with E-state index in [1.54, 1.807) is 24.3 Å². The molecule has 0 unspecified atom stereocenters. The van der Waals surface area contributed by atoms with Crippen molar-refractivity contribution in [2.24, 2.45) is 0 Å². The lowest BCUT2D eigenvalue weighted by molar-refractivity contribution is 0.403. The van der Waals surface area contributed by atoms with Crippen LogP contribution in [-0.4, -0.2) is 15.3 Å². The van der Waals surface area contributed by atoms with Gasteiger partial charge in [-0.3, -0.25) is 4.79 Å². The van der Waals surface area contributed by atoms with E-state index in [9.17, 15) is 20.1 Å². The summed E-state index contributed by atoms with van der Waals surface area (Å²) in [5.74, 6) is -1.49. The van der Waals surface area contributed by atoms with E-state index in [2.05, 4.69) is 0 Å². The lowest BCUT2D eigenvalue weighted by Crippen LogP contribution is -2.02. The molecule has 0 aliphatic carbocycles. The highest BCUT2D eigenvalue weighted by Crippen LogP contribution is 2.34. The van der Waals surface area contributed by atoms with Crippen LogP contribution in [-0.2, 0) is 0 Å². The van der Waals surface area contributed by atoms with Gasteiger partial charge in [-0.05, 0) is 30.3 Å². The maximum Gasteiger partial charge on any atom is 0.235 e. The van der Waals surface area contributed by atoms with Gasteiger partial charge in [0.1, 0.15) is 5.58 Å². The first-order chi connectivity index (χ1) is 9.97. The zero-order valence-electron chi connectivity index (χ0n) is 10.5. The molecular weight excluding hydrogens is 296 g/mol. The number of phenols is 2. The number of hydrogen-bond acceptors (Lipinski definition) is 5. The first kappa shape index (κ1) is 13.3. The minimum absolute atomic E-state index is 0.0273. The molecule has 21 heavy (non-hydrogen) atoms. The summed E-state index contributed by atoms with van der Waals surface area (Å²) in [6.45, 7) is 0. The fourth-order valence-electron chi connectivity index (χ4n) is 2.01. The third-order valence-corrected chi connectivity index (χ3v) is 3.32. The third kappa shape index (κ3) is 2.17. The van der Waals surface area contributed by atoms with Crippen molar-refractivity contribution >= 4 is 22.6 Å². The van der Waals surface area contributed by atoms with Crippen LogP contribution in [0.5, 0.6) is 17.2 Å². The number of fused-ring (bicyclic) bond motifs is 1. The molecule has 0 radical (unpaired) electrons. The van der Waals surface area contributed by atoms with Gasteiger partial charge >= 0.3 is 0 Å². The lowest BCUT2D eigenvalue weighted by atomic mass is 10.1. The fourth-order valence-corrected chi connectivity index (χ4v) is 2.13. The Morgan fingerprint density at radius 3 is 2.24 bits per heavy atom. The van der Waals surface area contributed by atoms with Crippen LogP contribution >= 0.6 is 11.6 Å². The highest BCUT2D eigenvalue weighted by molar-refractivity contribution is 6.30. The SMILES string of the molecule is O=c1c(O)c(-c2ccc(Cl)cc2)oc2cc(O)c(O)cc12. The Hall–Kier alpha value is -2.66. The van der Waals surface area contributed by atoms with E-state index in [0.29, 0.717) is 10.6 Å². The van der Waals surface area contributed by atoms with Crippen LogP contribution in [0.15, 0.2) is 45.6 Å². The molecule has 2 aromatic carbocycles. The van der Waals surface area contributed by atoms with Crippen molar-refractivity contribution in [2.45, 2.75) is 0 Å². The van der Waals surface area contributed by atoms with Gasteiger partial charge in [-0.15, -0.1) is 0 Å². The molecule has 3 rings (SSSR count). The molecule has 0 bridgehead atoms. The van der Waals surface area contributed by atoms with E-state index in [1.807, 2.05) is 0 Å². The molecule has 1 aromatic heterocycles. The summed E-state index contributed by atoms with van der Waals surface area (Å²) in [6, 6.07) is 8.52. The molecule has 0 spiro atoms. The van der Waals surface area contributed by atoms with Gasteiger partial charge in [0.25, 0.3) is 0 Å². The zero-order valence-corrected chi connectivity index (χ0v) is 11.3. The zero-order chi connectivity index (χ0) is 15.1. The summed E-state index contributed by atoms with van der Waals surface area (Å²) in [6.07, 6.45) is 0. The number of rotatable bonds is 1. The maximum absolute atomic E-state index is 12.1. The van der Waals surface area contributed by atoms with E-state index in [0.717, 1.165) is 12.1 Å². The number of hydrogen-bond donors (Lipinski definition) is 3. The van der Waals surface area contributed by atoms with Crippen molar-refractivity contribution in [3.63, 3.8) is 0 Å². The van der Waals surface area contributed by atoms with Crippen LogP contribution in [0.1, 0.15) is 0 Å². The Morgan fingerprint density at radius 2 is 1.57 bits per heavy atom. The molecule has 3 N–H and O–H groups in total. The smallest absolute Gasteiger partial charge is 0.235 e. The Morgan fingerprint density at radius 1 is 0.952 bits per heavy atom. The summed E-state index contributed by atoms with van der Waals surface area (Å²) in [7, 11) is 0. The van der Waals surface area contributed by atoms with Gasteiger partial charge in [-0.25, -0.2) is 0 Å². The molecule has 0 aliphatic heterocycles. The topological polar surface area (TPSA) is 90.9 Å². The first-order valence-electron chi connectivity index (χ1n) is 5.95. The van der Waals surface area contributed by atoms with Gasteiger partial charge in [0.15, 0.2) is 17.3 Å². The molecule has 0 saturated heterocycles. The van der Waals surface area contributed by atoms with Gasteiger partial charge in [0.2, 0.25) is 11.2 Å². The molecule has 5 nitrogen and oxygen atoms in total. The molecular formula is C15H9ClO5. The van der Waals surface area contributed by atoms with Gasteiger partial charge < -0.3 is 19.7 Å². The lowest BCUT2D eigenvalue weighted by Gasteiger charge is -2.07. The second-order valence-electron chi connectivity index (χ2n) is 4.45. The van der Waals surface area contributed by atoms with Gasteiger partial charge in [0, 0.05) is 16.7 Å². The van der Waals surface area contributed by atoms with Crippen molar-refractivity contribution in [3.8, 4) is 28.6 Å². The minimum atomic E-state index is -0.698. The molecule has 1 heterocycles. The predicted octanol–water partition coefficient (Wildman–Crippen LogP) is 3.23. The van der Waals surface area contributed by atoms with E-state index >= 15 is 0 Å². The van der Waals surface area contributed by atoms with Crippen molar-refractivity contribution in [1.82, 2.24) is 0 Å². The third-order valence-electron chi connectivity index (χ3n) is 3.07.